The van der Waals surface area contributed by atoms with Gasteiger partial charge in [0, 0.05) is 24.6 Å². The van der Waals surface area contributed by atoms with Crippen molar-refractivity contribution in [3.63, 3.8) is 0 Å². The number of nitrogens with zero attached hydrogens (tertiary/aromatic N) is 1. The number of hydrogen-bond donors (Lipinski definition) is 0. The van der Waals surface area contributed by atoms with Crippen LogP contribution < -0.4 is 4.74 Å². The van der Waals surface area contributed by atoms with Gasteiger partial charge in [-0.05, 0) is 31.4 Å². The van der Waals surface area contributed by atoms with Crippen LogP contribution in [0.4, 0.5) is 0 Å². The largest absolute Gasteiger partial charge is 0.493 e. The van der Waals surface area contributed by atoms with Gasteiger partial charge in [-0.15, -0.1) is 0 Å². The van der Waals surface area contributed by atoms with Crippen LogP contribution in [0.1, 0.15) is 57.4 Å². The number of fused-ring (bicyclic) bond motifs is 3. The Kier molecular flexibility index (Phi) is 5.95. The number of para-hydroxylation sites is 1. The van der Waals surface area contributed by atoms with Gasteiger partial charge in [0.05, 0.1) is 12.3 Å². The van der Waals surface area contributed by atoms with E-state index in [0.717, 1.165) is 56.0 Å². The van der Waals surface area contributed by atoms with Gasteiger partial charge in [0.1, 0.15) is 5.75 Å². The minimum Gasteiger partial charge on any atom is -0.493 e. The Labute approximate surface area is 145 Å². The number of hydrogen-bond acceptors (Lipinski definition) is 3. The second kappa shape index (κ2) is 8.36. The smallest absolute Gasteiger partial charge is 0.182 e. The number of ketones is 1. The standard InChI is InChI=1S/C21H29NO2/c1-2-3-4-5-8-15-24-20-10-7-6-9-18(20)16-19-21(23)17-11-13-22(19)14-12-17/h6-7,9-10,16-17H,2-5,8,11-15H2,1H3/b19-16-. The van der Waals surface area contributed by atoms with Gasteiger partial charge in [0.25, 0.3) is 0 Å². The quantitative estimate of drug-likeness (QED) is 0.513. The molecule has 0 saturated carbocycles. The van der Waals surface area contributed by atoms with Gasteiger partial charge in [-0.1, -0.05) is 50.8 Å². The van der Waals surface area contributed by atoms with Crippen molar-refractivity contribution < 1.29 is 9.53 Å². The molecule has 3 nitrogen and oxygen atoms in total. The minimum atomic E-state index is 0.243. The van der Waals surface area contributed by atoms with E-state index in [4.69, 9.17) is 4.74 Å². The molecule has 3 heterocycles. The van der Waals surface area contributed by atoms with Crippen LogP contribution >= 0.6 is 0 Å². The Morgan fingerprint density at radius 2 is 1.88 bits per heavy atom. The van der Waals surface area contributed by atoms with Crippen LogP contribution in [0.25, 0.3) is 6.08 Å². The fourth-order valence-electron chi connectivity index (χ4n) is 3.68. The minimum absolute atomic E-state index is 0.243. The van der Waals surface area contributed by atoms with Crippen molar-refractivity contribution >= 4 is 11.9 Å². The summed E-state index contributed by atoms with van der Waals surface area (Å²) in [6.45, 7) is 5.02. The van der Waals surface area contributed by atoms with E-state index in [2.05, 4.69) is 17.9 Å². The highest BCUT2D eigenvalue weighted by Gasteiger charge is 2.36. The average Bonchev–Trinajstić information content (AvgIpc) is 2.62. The molecule has 0 aliphatic carbocycles. The molecule has 0 radical (unpaired) electrons. The number of ether oxygens (including phenoxy) is 1. The Morgan fingerprint density at radius 3 is 2.62 bits per heavy atom. The number of carbonyl (C=O) groups excluding carboxylic acids is 1. The number of unbranched alkanes of at least 4 members (excludes halogenated alkanes) is 4. The SMILES string of the molecule is CCCCCCCOc1ccccc1/C=C1/C(=O)C2CCN1CC2. The van der Waals surface area contributed by atoms with Gasteiger partial charge < -0.3 is 9.64 Å². The van der Waals surface area contributed by atoms with Crippen molar-refractivity contribution in [3.05, 3.63) is 35.5 Å². The van der Waals surface area contributed by atoms with Gasteiger partial charge in [0.15, 0.2) is 5.78 Å². The number of carbonyl (C=O) groups is 1. The zero-order valence-corrected chi connectivity index (χ0v) is 14.8. The number of benzene rings is 1. The van der Waals surface area contributed by atoms with Crippen LogP contribution in [0, 0.1) is 5.92 Å². The van der Waals surface area contributed by atoms with Gasteiger partial charge >= 0.3 is 0 Å². The molecule has 0 atom stereocenters. The summed E-state index contributed by atoms with van der Waals surface area (Å²) >= 11 is 0. The summed E-state index contributed by atoms with van der Waals surface area (Å²) in [5, 5.41) is 0. The van der Waals surface area contributed by atoms with Crippen molar-refractivity contribution in [2.45, 2.75) is 51.9 Å². The first-order chi connectivity index (χ1) is 11.8. The fraction of sp³-hybridized carbons (Fsp3) is 0.571. The lowest BCUT2D eigenvalue weighted by atomic mass is 9.84. The molecule has 3 saturated heterocycles. The maximum Gasteiger partial charge on any atom is 0.182 e. The zero-order chi connectivity index (χ0) is 16.8. The van der Waals surface area contributed by atoms with E-state index in [9.17, 15) is 4.79 Å². The van der Waals surface area contributed by atoms with Crippen LogP contribution in [0.5, 0.6) is 5.75 Å². The van der Waals surface area contributed by atoms with Crippen LogP contribution in [0.3, 0.4) is 0 Å². The molecule has 3 aliphatic rings. The molecule has 0 amide bonds. The third-order valence-electron chi connectivity index (χ3n) is 5.18. The first-order valence-electron chi connectivity index (χ1n) is 9.52. The highest BCUT2D eigenvalue weighted by atomic mass is 16.5. The second-order valence-corrected chi connectivity index (χ2v) is 6.96. The molecule has 3 aliphatic heterocycles. The van der Waals surface area contributed by atoms with Crippen molar-refractivity contribution in [2.24, 2.45) is 5.92 Å². The average molecular weight is 327 g/mol. The summed E-state index contributed by atoms with van der Waals surface area (Å²) in [6, 6.07) is 8.08. The summed E-state index contributed by atoms with van der Waals surface area (Å²) in [5.74, 6) is 1.46. The number of rotatable bonds is 8. The van der Waals surface area contributed by atoms with E-state index in [0.29, 0.717) is 5.78 Å². The predicted octanol–water partition coefficient (Wildman–Crippen LogP) is 4.67. The maximum absolute atomic E-state index is 12.5. The Bertz CT molecular complexity index is 585. The maximum atomic E-state index is 12.5. The van der Waals surface area contributed by atoms with Gasteiger partial charge in [-0.25, -0.2) is 0 Å². The van der Waals surface area contributed by atoms with E-state index in [-0.39, 0.29) is 5.92 Å². The molecule has 0 spiro atoms. The van der Waals surface area contributed by atoms with Crippen molar-refractivity contribution in [2.75, 3.05) is 19.7 Å². The molecule has 0 N–H and O–H groups in total. The second-order valence-electron chi connectivity index (χ2n) is 6.96. The monoisotopic (exact) mass is 327 g/mol. The summed E-state index contributed by atoms with van der Waals surface area (Å²) in [4.78, 5) is 14.8. The van der Waals surface area contributed by atoms with E-state index < -0.39 is 0 Å². The Hall–Kier alpha value is -1.77. The Balaban J connectivity index is 1.64. The molecule has 1 aromatic carbocycles. The number of allylic oxidation sites excluding steroid dienone is 1. The lowest BCUT2D eigenvalue weighted by Gasteiger charge is -2.41. The lowest BCUT2D eigenvalue weighted by Crippen LogP contribution is -2.45. The third kappa shape index (κ3) is 4.00. The molecular formula is C21H29NO2. The van der Waals surface area contributed by atoms with E-state index in [1.165, 1.54) is 25.7 Å². The van der Waals surface area contributed by atoms with Crippen LogP contribution in [0.15, 0.2) is 30.0 Å². The number of Topliss-reactive ketones (excluding diaryl/α,β-unsaturated/α-hetero) is 1. The molecule has 0 aromatic heterocycles. The summed E-state index contributed by atoms with van der Waals surface area (Å²) in [7, 11) is 0. The van der Waals surface area contributed by atoms with Crippen LogP contribution in [-0.2, 0) is 4.79 Å². The highest BCUT2D eigenvalue weighted by molar-refractivity contribution is 6.02. The lowest BCUT2D eigenvalue weighted by molar-refractivity contribution is -0.125. The van der Waals surface area contributed by atoms with Crippen LogP contribution in [0.2, 0.25) is 0 Å². The van der Waals surface area contributed by atoms with E-state index >= 15 is 0 Å². The molecule has 130 valence electrons. The normalized spacial score (nSPS) is 19.3. The molecule has 2 bridgehead atoms. The predicted molar refractivity (Wildman–Crippen MR) is 98.0 cm³/mol. The van der Waals surface area contributed by atoms with Gasteiger partial charge in [0.2, 0.25) is 0 Å². The van der Waals surface area contributed by atoms with E-state index in [1.807, 2.05) is 24.3 Å². The molecule has 4 rings (SSSR count). The highest BCUT2D eigenvalue weighted by Crippen LogP contribution is 2.33. The molecule has 3 fully saturated rings. The number of piperidine rings is 3. The van der Waals surface area contributed by atoms with Gasteiger partial charge in [-0.2, -0.15) is 0 Å². The van der Waals surface area contributed by atoms with E-state index in [1.54, 1.807) is 0 Å². The first-order valence-corrected chi connectivity index (χ1v) is 9.52. The topological polar surface area (TPSA) is 29.5 Å². The molecule has 0 unspecified atom stereocenters. The van der Waals surface area contributed by atoms with Crippen molar-refractivity contribution in [1.29, 1.82) is 0 Å². The Morgan fingerprint density at radius 1 is 1.12 bits per heavy atom. The summed E-state index contributed by atoms with van der Waals surface area (Å²) < 4.78 is 6.00. The molecular weight excluding hydrogens is 298 g/mol. The first kappa shape index (κ1) is 17.1. The third-order valence-corrected chi connectivity index (χ3v) is 5.18. The fourth-order valence-corrected chi connectivity index (χ4v) is 3.68. The molecule has 3 heteroatoms. The summed E-state index contributed by atoms with van der Waals surface area (Å²) in [5.41, 5.74) is 1.92. The van der Waals surface area contributed by atoms with Crippen molar-refractivity contribution in [1.82, 2.24) is 4.90 Å². The molecule has 1 aromatic rings. The van der Waals surface area contributed by atoms with Gasteiger partial charge in [-0.3, -0.25) is 4.79 Å². The van der Waals surface area contributed by atoms with Crippen molar-refractivity contribution in [3.8, 4) is 5.75 Å². The zero-order valence-electron chi connectivity index (χ0n) is 14.8. The summed E-state index contributed by atoms with van der Waals surface area (Å²) in [6.07, 6.45) is 10.3. The van der Waals surface area contributed by atoms with Crippen LogP contribution in [-0.4, -0.2) is 30.4 Å². The molecule has 24 heavy (non-hydrogen) atoms.